The third-order valence-electron chi connectivity index (χ3n) is 9.09. The second-order valence-electron chi connectivity index (χ2n) is 13.3. The van der Waals surface area contributed by atoms with E-state index < -0.39 is 24.4 Å². The molecular formula is C31H43N7O3. The molecule has 1 saturated heterocycles. The lowest BCUT2D eigenvalue weighted by molar-refractivity contribution is -0.0445. The molecule has 1 aliphatic carbocycles. The maximum absolute atomic E-state index is 11.0. The van der Waals surface area contributed by atoms with Crippen molar-refractivity contribution in [1.29, 1.82) is 0 Å². The van der Waals surface area contributed by atoms with Crippen molar-refractivity contribution in [3.05, 3.63) is 53.7 Å². The van der Waals surface area contributed by atoms with Crippen LogP contribution in [0.2, 0.25) is 0 Å². The molecule has 10 nitrogen and oxygen atoms in total. The average Bonchev–Trinajstić information content (AvgIpc) is 3.58. The second-order valence-corrected chi connectivity index (χ2v) is 13.3. The highest BCUT2D eigenvalue weighted by molar-refractivity contribution is 5.76. The zero-order valence-electron chi connectivity index (χ0n) is 24.7. The van der Waals surface area contributed by atoms with Gasteiger partial charge < -0.3 is 25.7 Å². The Labute approximate surface area is 240 Å². The van der Waals surface area contributed by atoms with Crippen LogP contribution in [-0.2, 0) is 16.6 Å². The van der Waals surface area contributed by atoms with Gasteiger partial charge in [-0.1, -0.05) is 26.8 Å². The normalized spacial score (nSPS) is 27.0. The molecule has 2 aliphatic rings. The van der Waals surface area contributed by atoms with E-state index in [1.165, 1.54) is 11.9 Å². The maximum atomic E-state index is 11.0. The number of hydrogen-bond donors (Lipinski definition) is 4. The Morgan fingerprint density at radius 1 is 1.15 bits per heavy atom. The van der Waals surface area contributed by atoms with Gasteiger partial charge in [0.25, 0.3) is 0 Å². The number of rotatable bonds is 8. The molecule has 4 atom stereocenters. The molecule has 0 spiro atoms. The van der Waals surface area contributed by atoms with Crippen molar-refractivity contribution in [2.24, 2.45) is 5.92 Å². The summed E-state index contributed by atoms with van der Waals surface area (Å²) >= 11 is 0. The molecule has 0 radical (unpaired) electrons. The molecule has 0 unspecified atom stereocenters. The number of aryl methyl sites for hydroxylation is 1. The smallest absolute Gasteiger partial charge is 0.151 e. The van der Waals surface area contributed by atoms with E-state index in [9.17, 15) is 10.2 Å². The summed E-state index contributed by atoms with van der Waals surface area (Å²) in [7, 11) is 0. The van der Waals surface area contributed by atoms with E-state index in [1.807, 2.05) is 12.1 Å². The molecule has 1 saturated carbocycles. The highest BCUT2D eigenvalue weighted by Gasteiger charge is 2.46. The van der Waals surface area contributed by atoms with Crippen LogP contribution in [0.1, 0.15) is 77.1 Å². The van der Waals surface area contributed by atoms with Crippen LogP contribution in [0.25, 0.3) is 16.6 Å². The number of aliphatic hydroxyl groups is 2. The number of imidazole rings is 1. The third-order valence-corrected chi connectivity index (χ3v) is 9.09. The van der Waals surface area contributed by atoms with E-state index in [0.29, 0.717) is 41.6 Å². The number of fused-ring (bicyclic) bond motifs is 2. The predicted molar refractivity (Wildman–Crippen MR) is 158 cm³/mol. The van der Waals surface area contributed by atoms with Crippen molar-refractivity contribution in [2.75, 3.05) is 12.3 Å². The number of nitrogens with zero attached hydrogens (tertiary/aromatic N) is 5. The van der Waals surface area contributed by atoms with Crippen LogP contribution in [0.15, 0.2) is 36.7 Å². The number of H-pyrrole nitrogens is 1. The number of hydrogen-bond acceptors (Lipinski definition) is 8. The first-order valence-electron chi connectivity index (χ1n) is 14.8. The molecule has 41 heavy (non-hydrogen) atoms. The van der Waals surface area contributed by atoms with Gasteiger partial charge in [-0.2, -0.15) is 5.10 Å². The SMILES string of the molecule is CC(C)N(C[C@H]1O[C@@H](c2ccc3c(N)ncnn23)[C@H](O)[C@@H]1O)[C@H]1C[C@@H](CCc2nc3cc(C(C)(C)C)ccc3[nH]2)C1. The standard InChI is InChI=1S/C31H43N7O3/c1-17(2)37(15-25-27(39)28(40)29(41-25)23-9-10-24-30(32)33-16-34-38(23)24)20-12-18(13-20)6-11-26-35-21-8-7-19(31(3,4)5)14-22(21)36-26/h7-10,14,16-18,20,25,27-29,39-40H,6,11-13,15H2,1-5H3,(H,35,36)(H2,32,33,34)/t18-,20+,25-,27-,28-,29+/m1/s1. The molecule has 220 valence electrons. The van der Waals surface area contributed by atoms with Crippen LogP contribution < -0.4 is 5.73 Å². The van der Waals surface area contributed by atoms with Gasteiger partial charge in [0, 0.05) is 25.0 Å². The van der Waals surface area contributed by atoms with E-state index in [-0.39, 0.29) is 5.41 Å². The average molecular weight is 562 g/mol. The van der Waals surface area contributed by atoms with Crippen molar-refractivity contribution < 1.29 is 14.9 Å². The minimum absolute atomic E-state index is 0.107. The van der Waals surface area contributed by atoms with E-state index in [0.717, 1.165) is 42.5 Å². The largest absolute Gasteiger partial charge is 0.388 e. The number of anilines is 1. The summed E-state index contributed by atoms with van der Waals surface area (Å²) in [6.45, 7) is 11.6. The summed E-state index contributed by atoms with van der Waals surface area (Å²) in [6.07, 6.45) is 2.40. The Morgan fingerprint density at radius 3 is 2.66 bits per heavy atom. The summed E-state index contributed by atoms with van der Waals surface area (Å²) < 4.78 is 7.92. The number of nitrogen functional groups attached to an aromatic ring is 1. The van der Waals surface area contributed by atoms with Crippen molar-refractivity contribution in [1.82, 2.24) is 29.5 Å². The molecule has 5 N–H and O–H groups in total. The van der Waals surface area contributed by atoms with E-state index in [2.05, 4.69) is 72.8 Å². The second kappa shape index (κ2) is 10.7. The third kappa shape index (κ3) is 5.34. The lowest BCUT2D eigenvalue weighted by Gasteiger charge is -2.46. The van der Waals surface area contributed by atoms with E-state index in [1.54, 1.807) is 4.52 Å². The highest BCUT2D eigenvalue weighted by atomic mass is 16.5. The fraction of sp³-hybridized carbons (Fsp3) is 0.581. The Kier molecular flexibility index (Phi) is 7.30. The lowest BCUT2D eigenvalue weighted by Crippen LogP contribution is -2.52. The summed E-state index contributed by atoms with van der Waals surface area (Å²) in [5, 5.41) is 26.2. The van der Waals surface area contributed by atoms with Crippen LogP contribution in [0.5, 0.6) is 0 Å². The molecule has 1 aromatic carbocycles. The van der Waals surface area contributed by atoms with Crippen molar-refractivity contribution in [2.45, 2.75) is 102 Å². The number of aliphatic hydroxyl groups excluding tert-OH is 2. The van der Waals surface area contributed by atoms with Crippen molar-refractivity contribution in [3.63, 3.8) is 0 Å². The van der Waals surface area contributed by atoms with Crippen molar-refractivity contribution in [3.8, 4) is 0 Å². The number of nitrogens with one attached hydrogen (secondary N) is 1. The van der Waals surface area contributed by atoms with E-state index >= 15 is 0 Å². The van der Waals surface area contributed by atoms with E-state index in [4.69, 9.17) is 15.5 Å². The molecule has 0 amide bonds. The van der Waals surface area contributed by atoms with Gasteiger partial charge in [-0.05, 0) is 74.3 Å². The van der Waals surface area contributed by atoms with Gasteiger partial charge in [0.2, 0.25) is 0 Å². The van der Waals surface area contributed by atoms with Crippen LogP contribution >= 0.6 is 0 Å². The predicted octanol–water partition coefficient (Wildman–Crippen LogP) is 3.77. The molecule has 2 fully saturated rings. The van der Waals surface area contributed by atoms with Crippen LogP contribution in [0.3, 0.4) is 0 Å². The molecule has 6 rings (SSSR count). The molecule has 3 aromatic heterocycles. The summed E-state index contributed by atoms with van der Waals surface area (Å²) in [6, 6.07) is 10.9. The quantitative estimate of drug-likeness (QED) is 0.255. The van der Waals surface area contributed by atoms with Gasteiger partial charge in [-0.25, -0.2) is 14.5 Å². The summed E-state index contributed by atoms with van der Waals surface area (Å²) in [5.41, 5.74) is 10.8. The Morgan fingerprint density at radius 2 is 1.93 bits per heavy atom. The topological polar surface area (TPSA) is 138 Å². The van der Waals surface area contributed by atoms with Gasteiger partial charge in [-0.3, -0.25) is 4.90 Å². The van der Waals surface area contributed by atoms with Crippen molar-refractivity contribution >= 4 is 22.4 Å². The number of ether oxygens (including phenoxy) is 1. The zero-order chi connectivity index (χ0) is 29.1. The number of benzene rings is 1. The van der Waals surface area contributed by atoms with Crippen LogP contribution in [-0.4, -0.2) is 76.6 Å². The van der Waals surface area contributed by atoms with Crippen LogP contribution in [0, 0.1) is 5.92 Å². The van der Waals surface area contributed by atoms with Gasteiger partial charge in [0.05, 0.1) is 22.8 Å². The minimum atomic E-state index is -1.05. The first-order valence-corrected chi connectivity index (χ1v) is 14.8. The molecule has 4 aromatic rings. The maximum Gasteiger partial charge on any atom is 0.151 e. The zero-order valence-corrected chi connectivity index (χ0v) is 24.7. The fourth-order valence-electron chi connectivity index (χ4n) is 6.51. The molecule has 1 aliphatic heterocycles. The van der Waals surface area contributed by atoms with Gasteiger partial charge in [0.1, 0.15) is 36.0 Å². The van der Waals surface area contributed by atoms with Gasteiger partial charge in [-0.15, -0.1) is 0 Å². The molecule has 0 bridgehead atoms. The van der Waals surface area contributed by atoms with Gasteiger partial charge in [0.15, 0.2) is 5.82 Å². The number of aromatic amines is 1. The van der Waals surface area contributed by atoms with Crippen LogP contribution in [0.4, 0.5) is 5.82 Å². The Hall–Kier alpha value is -3.05. The molecule has 4 heterocycles. The summed E-state index contributed by atoms with van der Waals surface area (Å²) in [4.78, 5) is 14.8. The Bertz CT molecular complexity index is 1520. The monoisotopic (exact) mass is 561 g/mol. The number of nitrogens with two attached hydrogens (primary N) is 1. The van der Waals surface area contributed by atoms with Gasteiger partial charge >= 0.3 is 0 Å². The highest BCUT2D eigenvalue weighted by Crippen LogP contribution is 2.39. The Balaban J connectivity index is 1.06. The number of aromatic nitrogens is 5. The fourth-order valence-corrected chi connectivity index (χ4v) is 6.51. The first kappa shape index (κ1) is 28.1. The first-order chi connectivity index (χ1) is 19.5. The summed E-state index contributed by atoms with van der Waals surface area (Å²) in [5.74, 6) is 2.06. The lowest BCUT2D eigenvalue weighted by atomic mass is 9.76. The minimum Gasteiger partial charge on any atom is -0.388 e. The molecular weight excluding hydrogens is 518 g/mol. The molecule has 10 heteroatoms.